The molecule has 0 aliphatic heterocycles. The highest BCUT2D eigenvalue weighted by Gasteiger charge is 1.95. The van der Waals surface area contributed by atoms with Crippen LogP contribution in [0.4, 0.5) is 5.69 Å². The van der Waals surface area contributed by atoms with Gasteiger partial charge in [0.25, 0.3) is 0 Å². The molecule has 1 rings (SSSR count). The monoisotopic (exact) mass is 111 g/mol. The van der Waals surface area contributed by atoms with Gasteiger partial charge in [-0.25, -0.2) is 0 Å². The fourth-order valence-corrected chi connectivity index (χ4v) is 0.413. The second kappa shape index (κ2) is 1.69. The zero-order valence-electron chi connectivity index (χ0n) is 4.13. The first-order valence-corrected chi connectivity index (χ1v) is 2.11. The van der Waals surface area contributed by atoms with Gasteiger partial charge < -0.3 is 10.2 Å². The van der Waals surface area contributed by atoms with E-state index in [0.717, 1.165) is 0 Å². The molecule has 0 saturated heterocycles. The molecule has 0 aromatic carbocycles. The Bertz CT molecular complexity index is 192. The predicted octanol–water partition coefficient (Wildman–Crippen LogP) is 0.674. The van der Waals surface area contributed by atoms with Crippen molar-refractivity contribution < 1.29 is 9.21 Å². The van der Waals surface area contributed by atoms with Crippen LogP contribution in [0.5, 0.6) is 0 Å². The van der Waals surface area contributed by atoms with Crippen LogP contribution in [0.1, 0.15) is 10.4 Å². The molecular weight excluding hydrogens is 106 g/mol. The molecule has 3 heteroatoms. The summed E-state index contributed by atoms with van der Waals surface area (Å²) in [7, 11) is 0. The molecule has 0 aliphatic carbocycles. The zero-order valence-corrected chi connectivity index (χ0v) is 4.13. The normalized spacial score (nSPS) is 9.00. The largest absolute Gasteiger partial charge is 0.470 e. The molecule has 1 aromatic rings. The maximum atomic E-state index is 9.95. The molecule has 1 heterocycles. The third-order valence-electron chi connectivity index (χ3n) is 0.850. The molecule has 1 aromatic heterocycles. The molecule has 2 N–H and O–H groups in total. The first-order chi connectivity index (χ1) is 3.84. The number of carbonyl (C=O) groups excluding carboxylic acids is 1. The van der Waals surface area contributed by atoms with Gasteiger partial charge in [0.2, 0.25) is 0 Å². The quantitative estimate of drug-likeness (QED) is 0.542. The van der Waals surface area contributed by atoms with Crippen LogP contribution in [0.3, 0.4) is 0 Å². The van der Waals surface area contributed by atoms with Gasteiger partial charge in [-0.1, -0.05) is 0 Å². The van der Waals surface area contributed by atoms with Gasteiger partial charge >= 0.3 is 0 Å². The van der Waals surface area contributed by atoms with E-state index >= 15 is 0 Å². The Hall–Kier alpha value is -1.25. The van der Waals surface area contributed by atoms with Crippen LogP contribution in [-0.2, 0) is 0 Å². The number of rotatable bonds is 1. The third kappa shape index (κ3) is 0.578. The van der Waals surface area contributed by atoms with Gasteiger partial charge in [0.05, 0.1) is 11.3 Å². The lowest BCUT2D eigenvalue weighted by molar-refractivity contribution is 0.112. The Morgan fingerprint density at radius 3 is 2.62 bits per heavy atom. The molecule has 0 aliphatic rings. The summed E-state index contributed by atoms with van der Waals surface area (Å²) >= 11 is 0. The number of aldehydes is 1. The SMILES string of the molecule is Nc1cocc1C=O. The van der Waals surface area contributed by atoms with Gasteiger partial charge in [0, 0.05) is 0 Å². The molecule has 0 unspecified atom stereocenters. The Kier molecular flexibility index (Phi) is 1.04. The maximum absolute atomic E-state index is 9.95. The first kappa shape index (κ1) is 4.90. The van der Waals surface area contributed by atoms with Crippen molar-refractivity contribution in [1.82, 2.24) is 0 Å². The van der Waals surface area contributed by atoms with Crippen LogP contribution >= 0.6 is 0 Å². The molecule has 0 saturated carbocycles. The predicted molar refractivity (Wildman–Crippen MR) is 28.5 cm³/mol. The summed E-state index contributed by atoms with van der Waals surface area (Å²) in [5.74, 6) is 0. The number of nitrogens with two attached hydrogens (primary N) is 1. The van der Waals surface area contributed by atoms with Crippen molar-refractivity contribution in [1.29, 1.82) is 0 Å². The van der Waals surface area contributed by atoms with E-state index in [1.165, 1.54) is 12.5 Å². The fourth-order valence-electron chi connectivity index (χ4n) is 0.413. The minimum atomic E-state index is 0.389. The van der Waals surface area contributed by atoms with E-state index in [4.69, 9.17) is 5.73 Å². The van der Waals surface area contributed by atoms with E-state index in [9.17, 15) is 4.79 Å². The van der Waals surface area contributed by atoms with E-state index in [-0.39, 0.29) is 0 Å². The molecule has 42 valence electrons. The summed E-state index contributed by atoms with van der Waals surface area (Å²) in [6.07, 6.45) is 3.28. The number of hydrogen-bond acceptors (Lipinski definition) is 3. The molecule has 8 heavy (non-hydrogen) atoms. The van der Waals surface area contributed by atoms with Crippen molar-refractivity contribution in [3.8, 4) is 0 Å². The van der Waals surface area contributed by atoms with Gasteiger partial charge in [-0.3, -0.25) is 4.79 Å². The highest BCUT2D eigenvalue weighted by Crippen LogP contribution is 2.07. The van der Waals surface area contributed by atoms with Gasteiger partial charge in [-0.05, 0) is 0 Å². The molecule has 0 radical (unpaired) electrons. The average molecular weight is 111 g/mol. The Balaban J connectivity index is 3.09. The summed E-state index contributed by atoms with van der Waals surface area (Å²) in [5.41, 5.74) is 6.02. The highest BCUT2D eigenvalue weighted by atomic mass is 16.3. The topological polar surface area (TPSA) is 56.2 Å². The summed E-state index contributed by atoms with van der Waals surface area (Å²) in [6.45, 7) is 0. The molecule has 0 atom stereocenters. The number of nitrogen functional groups attached to an aromatic ring is 1. The summed E-state index contributed by atoms with van der Waals surface area (Å²) < 4.78 is 4.58. The van der Waals surface area contributed by atoms with Gasteiger partial charge in [0.1, 0.15) is 12.5 Å². The minimum absolute atomic E-state index is 0.389. The lowest BCUT2D eigenvalue weighted by Gasteiger charge is -1.77. The van der Waals surface area contributed by atoms with Gasteiger partial charge in [-0.15, -0.1) is 0 Å². The Labute approximate surface area is 46.1 Å². The van der Waals surface area contributed by atoms with Crippen LogP contribution in [-0.4, -0.2) is 6.29 Å². The standard InChI is InChI=1S/C5H5NO2/c6-5-3-8-2-4(5)1-7/h1-3H,6H2. The van der Waals surface area contributed by atoms with Crippen LogP contribution < -0.4 is 5.73 Å². The van der Waals surface area contributed by atoms with E-state index < -0.39 is 0 Å². The minimum Gasteiger partial charge on any atom is -0.470 e. The van der Waals surface area contributed by atoms with Crippen molar-refractivity contribution in [2.24, 2.45) is 0 Å². The molecular formula is C5H5NO2. The highest BCUT2D eigenvalue weighted by molar-refractivity contribution is 5.81. The van der Waals surface area contributed by atoms with Crippen molar-refractivity contribution >= 4 is 12.0 Å². The molecule has 0 spiro atoms. The average Bonchev–Trinajstić information content (AvgIpc) is 2.14. The van der Waals surface area contributed by atoms with E-state index in [1.807, 2.05) is 0 Å². The third-order valence-corrected chi connectivity index (χ3v) is 0.850. The first-order valence-electron chi connectivity index (χ1n) is 2.11. The van der Waals surface area contributed by atoms with Crippen LogP contribution in [0.25, 0.3) is 0 Å². The second-order valence-electron chi connectivity index (χ2n) is 1.40. The van der Waals surface area contributed by atoms with Gasteiger partial charge in [0.15, 0.2) is 6.29 Å². The van der Waals surface area contributed by atoms with Crippen LogP contribution in [0.15, 0.2) is 16.9 Å². The Morgan fingerprint density at radius 2 is 2.38 bits per heavy atom. The molecule has 3 nitrogen and oxygen atoms in total. The summed E-state index contributed by atoms with van der Waals surface area (Å²) in [5, 5.41) is 0. The number of carbonyl (C=O) groups is 1. The van der Waals surface area contributed by atoms with Crippen molar-refractivity contribution in [3.63, 3.8) is 0 Å². The van der Waals surface area contributed by atoms with Crippen LogP contribution in [0, 0.1) is 0 Å². The second-order valence-corrected chi connectivity index (χ2v) is 1.40. The van der Waals surface area contributed by atoms with Crippen molar-refractivity contribution in [3.05, 3.63) is 18.1 Å². The number of furan rings is 1. The van der Waals surface area contributed by atoms with E-state index in [0.29, 0.717) is 17.5 Å². The summed E-state index contributed by atoms with van der Waals surface area (Å²) in [6, 6.07) is 0. The lowest BCUT2D eigenvalue weighted by atomic mass is 10.3. The lowest BCUT2D eigenvalue weighted by Crippen LogP contribution is -1.84. The summed E-state index contributed by atoms with van der Waals surface area (Å²) in [4.78, 5) is 9.95. The van der Waals surface area contributed by atoms with E-state index in [2.05, 4.69) is 4.42 Å². The van der Waals surface area contributed by atoms with E-state index in [1.54, 1.807) is 0 Å². The van der Waals surface area contributed by atoms with Crippen molar-refractivity contribution in [2.45, 2.75) is 0 Å². The van der Waals surface area contributed by atoms with Gasteiger partial charge in [-0.2, -0.15) is 0 Å². The Morgan fingerprint density at radius 1 is 1.62 bits per heavy atom. The fraction of sp³-hybridized carbons (Fsp3) is 0. The number of hydrogen-bond donors (Lipinski definition) is 1. The van der Waals surface area contributed by atoms with Crippen LogP contribution in [0.2, 0.25) is 0 Å². The molecule has 0 fully saturated rings. The zero-order chi connectivity index (χ0) is 5.98. The molecule has 0 amide bonds. The molecule has 0 bridgehead atoms. The maximum Gasteiger partial charge on any atom is 0.155 e. The smallest absolute Gasteiger partial charge is 0.155 e. The van der Waals surface area contributed by atoms with Crippen molar-refractivity contribution in [2.75, 3.05) is 5.73 Å². The number of anilines is 1.